The standard InChI is InChI=1S/C14H16ClNO4S/c1-2-8-5-12(8)16-14(17)11-7-20-13-4-3-9(6-10(11)13)21(15,18)19/h3-4,6,8,11-12H,2,5,7H2,1H3,(H,16,17). The third-order valence-corrected chi connectivity index (χ3v) is 5.49. The fraction of sp³-hybridized carbons (Fsp3) is 0.500. The molecule has 1 heterocycles. The van der Waals surface area contributed by atoms with Crippen LogP contribution in [-0.2, 0) is 13.8 Å². The van der Waals surface area contributed by atoms with Crippen LogP contribution in [0.15, 0.2) is 23.1 Å². The number of fused-ring (bicyclic) bond motifs is 1. The summed E-state index contributed by atoms with van der Waals surface area (Å²) in [5.41, 5.74) is 0.586. The summed E-state index contributed by atoms with van der Waals surface area (Å²) < 4.78 is 28.3. The van der Waals surface area contributed by atoms with Gasteiger partial charge in [0.15, 0.2) is 0 Å². The van der Waals surface area contributed by atoms with Crippen molar-refractivity contribution in [2.24, 2.45) is 5.92 Å². The van der Waals surface area contributed by atoms with E-state index in [4.69, 9.17) is 15.4 Å². The number of amides is 1. The van der Waals surface area contributed by atoms with Gasteiger partial charge in [0.05, 0.1) is 4.90 Å². The number of halogens is 1. The highest BCUT2D eigenvalue weighted by molar-refractivity contribution is 8.13. The minimum Gasteiger partial charge on any atom is -0.492 e. The lowest BCUT2D eigenvalue weighted by molar-refractivity contribution is -0.123. The second kappa shape index (κ2) is 5.18. The van der Waals surface area contributed by atoms with Crippen LogP contribution in [0.25, 0.3) is 0 Å². The summed E-state index contributed by atoms with van der Waals surface area (Å²) in [6.07, 6.45) is 2.07. The predicted octanol–water partition coefficient (Wildman–Crippen LogP) is 2.00. The fourth-order valence-electron chi connectivity index (χ4n) is 2.72. The minimum atomic E-state index is -3.81. The Morgan fingerprint density at radius 3 is 2.86 bits per heavy atom. The van der Waals surface area contributed by atoms with Crippen LogP contribution in [-0.4, -0.2) is 27.0 Å². The normalized spacial score (nSPS) is 26.9. The second-order valence-electron chi connectivity index (χ2n) is 5.52. The molecule has 21 heavy (non-hydrogen) atoms. The molecule has 1 aliphatic carbocycles. The highest BCUT2D eigenvalue weighted by Crippen LogP contribution is 2.38. The molecule has 1 N–H and O–H groups in total. The minimum absolute atomic E-state index is 0.0101. The van der Waals surface area contributed by atoms with Crippen LogP contribution in [0, 0.1) is 5.92 Å². The molecule has 1 aromatic rings. The molecule has 1 aliphatic heterocycles. The van der Waals surface area contributed by atoms with Gasteiger partial charge >= 0.3 is 0 Å². The van der Waals surface area contributed by atoms with Crippen LogP contribution in [0.5, 0.6) is 5.75 Å². The van der Waals surface area contributed by atoms with Gasteiger partial charge in [-0.1, -0.05) is 13.3 Å². The number of carbonyl (C=O) groups is 1. The van der Waals surface area contributed by atoms with Gasteiger partial charge in [-0.25, -0.2) is 8.42 Å². The number of nitrogens with one attached hydrogen (secondary N) is 1. The van der Waals surface area contributed by atoms with Gasteiger partial charge in [-0.3, -0.25) is 4.79 Å². The molecule has 0 bridgehead atoms. The van der Waals surface area contributed by atoms with Crippen molar-refractivity contribution in [2.45, 2.75) is 36.6 Å². The van der Waals surface area contributed by atoms with Gasteiger partial charge in [0.2, 0.25) is 5.91 Å². The predicted molar refractivity (Wildman–Crippen MR) is 78.0 cm³/mol. The van der Waals surface area contributed by atoms with Gasteiger partial charge in [0, 0.05) is 22.3 Å². The van der Waals surface area contributed by atoms with Crippen LogP contribution >= 0.6 is 10.7 Å². The van der Waals surface area contributed by atoms with E-state index in [0.29, 0.717) is 17.2 Å². The van der Waals surface area contributed by atoms with Gasteiger partial charge in [-0.15, -0.1) is 0 Å². The molecule has 0 radical (unpaired) electrons. The van der Waals surface area contributed by atoms with Gasteiger partial charge in [-0.05, 0) is 30.5 Å². The Morgan fingerprint density at radius 1 is 1.48 bits per heavy atom. The number of ether oxygens (including phenoxy) is 1. The maximum absolute atomic E-state index is 12.3. The quantitative estimate of drug-likeness (QED) is 0.858. The van der Waals surface area contributed by atoms with E-state index in [-0.39, 0.29) is 23.5 Å². The van der Waals surface area contributed by atoms with Crippen molar-refractivity contribution in [3.05, 3.63) is 23.8 Å². The smallest absolute Gasteiger partial charge is 0.261 e. The number of hydrogen-bond acceptors (Lipinski definition) is 4. The first-order chi connectivity index (χ1) is 9.90. The first-order valence-electron chi connectivity index (χ1n) is 6.92. The number of benzene rings is 1. The van der Waals surface area contributed by atoms with E-state index in [1.165, 1.54) is 12.1 Å². The van der Waals surface area contributed by atoms with Crippen molar-refractivity contribution >= 4 is 25.6 Å². The molecular formula is C14H16ClNO4S. The molecule has 1 amide bonds. The molecule has 7 heteroatoms. The number of hydrogen-bond donors (Lipinski definition) is 1. The van der Waals surface area contributed by atoms with E-state index >= 15 is 0 Å². The second-order valence-corrected chi connectivity index (χ2v) is 8.09. The summed E-state index contributed by atoms with van der Waals surface area (Å²) in [5.74, 6) is 0.516. The van der Waals surface area contributed by atoms with Crippen LogP contribution in [0.3, 0.4) is 0 Å². The van der Waals surface area contributed by atoms with Crippen LogP contribution in [0.4, 0.5) is 0 Å². The van der Waals surface area contributed by atoms with Gasteiger partial charge in [0.25, 0.3) is 9.05 Å². The average molecular weight is 330 g/mol. The molecule has 5 nitrogen and oxygen atoms in total. The third-order valence-electron chi connectivity index (χ3n) is 4.13. The largest absolute Gasteiger partial charge is 0.492 e. The monoisotopic (exact) mass is 329 g/mol. The molecule has 1 saturated carbocycles. The Balaban J connectivity index is 1.80. The summed E-state index contributed by atoms with van der Waals surface area (Å²) in [7, 11) is 1.54. The Bertz CT molecular complexity index is 688. The zero-order valence-corrected chi connectivity index (χ0v) is 13.1. The van der Waals surface area contributed by atoms with Crippen molar-refractivity contribution < 1.29 is 17.9 Å². The summed E-state index contributed by atoms with van der Waals surface area (Å²) in [5, 5.41) is 2.99. The summed E-state index contributed by atoms with van der Waals surface area (Å²) in [6.45, 7) is 2.33. The number of carbonyl (C=O) groups excluding carboxylic acids is 1. The molecule has 0 spiro atoms. The fourth-order valence-corrected chi connectivity index (χ4v) is 3.51. The lowest BCUT2D eigenvalue weighted by atomic mass is 10.0. The lowest BCUT2D eigenvalue weighted by Gasteiger charge is -2.10. The Labute approximate surface area is 128 Å². The molecule has 3 rings (SSSR count). The van der Waals surface area contributed by atoms with Crippen molar-refractivity contribution in [3.8, 4) is 5.75 Å². The van der Waals surface area contributed by atoms with Crippen molar-refractivity contribution in [1.29, 1.82) is 0 Å². The molecule has 114 valence electrons. The first kappa shape index (κ1) is 14.7. The van der Waals surface area contributed by atoms with Crippen LogP contribution < -0.4 is 10.1 Å². The summed E-state index contributed by atoms with van der Waals surface area (Å²) in [4.78, 5) is 12.3. The van der Waals surface area contributed by atoms with Crippen LogP contribution in [0.2, 0.25) is 0 Å². The molecule has 1 fully saturated rings. The zero-order valence-electron chi connectivity index (χ0n) is 11.5. The van der Waals surface area contributed by atoms with Crippen molar-refractivity contribution in [2.75, 3.05) is 6.61 Å². The molecule has 2 aliphatic rings. The Morgan fingerprint density at radius 2 is 2.24 bits per heavy atom. The van der Waals surface area contributed by atoms with Crippen molar-refractivity contribution in [1.82, 2.24) is 5.32 Å². The van der Waals surface area contributed by atoms with E-state index < -0.39 is 15.0 Å². The molecular weight excluding hydrogens is 314 g/mol. The van der Waals surface area contributed by atoms with E-state index in [0.717, 1.165) is 12.8 Å². The van der Waals surface area contributed by atoms with E-state index in [9.17, 15) is 13.2 Å². The maximum atomic E-state index is 12.3. The SMILES string of the molecule is CCC1CC1NC(=O)C1COc2ccc(S(=O)(=O)Cl)cc21. The molecule has 3 atom stereocenters. The maximum Gasteiger partial charge on any atom is 0.261 e. The number of rotatable bonds is 4. The van der Waals surface area contributed by atoms with Gasteiger partial charge in [0.1, 0.15) is 18.3 Å². The van der Waals surface area contributed by atoms with Crippen LogP contribution in [0.1, 0.15) is 31.2 Å². The van der Waals surface area contributed by atoms with Crippen molar-refractivity contribution in [3.63, 3.8) is 0 Å². The van der Waals surface area contributed by atoms with Gasteiger partial charge in [-0.2, -0.15) is 0 Å². The van der Waals surface area contributed by atoms with E-state index in [1.54, 1.807) is 6.07 Å². The van der Waals surface area contributed by atoms with Gasteiger partial charge < -0.3 is 10.1 Å². The Kier molecular flexibility index (Phi) is 3.61. The lowest BCUT2D eigenvalue weighted by Crippen LogP contribution is -2.32. The third kappa shape index (κ3) is 2.87. The highest BCUT2D eigenvalue weighted by atomic mass is 35.7. The Hall–Kier alpha value is -1.27. The summed E-state index contributed by atoms with van der Waals surface area (Å²) >= 11 is 0. The molecule has 0 aromatic heterocycles. The summed E-state index contributed by atoms with van der Waals surface area (Å²) in [6, 6.07) is 4.60. The first-order valence-corrected chi connectivity index (χ1v) is 9.23. The van der Waals surface area contributed by atoms with E-state index in [2.05, 4.69) is 12.2 Å². The topological polar surface area (TPSA) is 72.5 Å². The molecule has 1 aromatic carbocycles. The molecule has 0 saturated heterocycles. The average Bonchev–Trinajstić information content (AvgIpc) is 3.03. The zero-order chi connectivity index (χ0) is 15.2. The molecule has 3 unspecified atom stereocenters. The van der Waals surface area contributed by atoms with E-state index in [1.807, 2.05) is 0 Å². The highest BCUT2D eigenvalue weighted by Gasteiger charge is 2.39.